The van der Waals surface area contributed by atoms with E-state index in [1.54, 1.807) is 0 Å². The molecule has 264 valence electrons. The van der Waals surface area contributed by atoms with Gasteiger partial charge in [-0.1, -0.05) is 6.07 Å². The number of morpholine rings is 1. The summed E-state index contributed by atoms with van der Waals surface area (Å²) < 4.78 is 128. The van der Waals surface area contributed by atoms with Crippen LogP contribution in [0.1, 0.15) is 33.6 Å². The molecule has 2 aliphatic heterocycles. The summed E-state index contributed by atoms with van der Waals surface area (Å²) in [5.74, 6) is -5.39. The van der Waals surface area contributed by atoms with Gasteiger partial charge in [-0.05, 0) is 42.2 Å². The number of ether oxygens (including phenoxy) is 3. The minimum absolute atomic E-state index is 0.0376. The van der Waals surface area contributed by atoms with E-state index in [0.717, 1.165) is 18.7 Å². The molecule has 0 saturated carbocycles. The first-order chi connectivity index (χ1) is 23.0. The first-order valence-corrected chi connectivity index (χ1v) is 14.7. The summed E-state index contributed by atoms with van der Waals surface area (Å²) in [5, 5.41) is 2.20. The highest BCUT2D eigenvalue weighted by Gasteiger charge is 2.46. The number of rotatable bonds is 7. The number of hydrogen-bond acceptors (Lipinski definition) is 8. The van der Waals surface area contributed by atoms with Crippen LogP contribution in [0.3, 0.4) is 0 Å². The second-order valence-corrected chi connectivity index (χ2v) is 11.3. The number of fused-ring (bicyclic) bond motifs is 1. The minimum atomic E-state index is -4.86. The molecule has 0 radical (unpaired) electrons. The van der Waals surface area contributed by atoms with E-state index in [9.17, 15) is 40.7 Å². The Balaban J connectivity index is 1.46. The lowest BCUT2D eigenvalue weighted by Gasteiger charge is -2.38. The summed E-state index contributed by atoms with van der Waals surface area (Å²) in [6.07, 6.45) is -8.71. The number of nitrogens with zero attached hydrogens (tertiary/aromatic N) is 3. The van der Waals surface area contributed by atoms with Gasteiger partial charge in [0.15, 0.2) is 5.69 Å². The van der Waals surface area contributed by atoms with Crippen molar-refractivity contribution in [3.8, 4) is 17.0 Å². The SMILES string of the molecule is COC(=O)[C@H](Cc1ccc(-c2nc(C(F)(F)F)cn(C)c2=O)c2c1CCCO2)NC(=O)c1c(F)cc(N2CCOC[C@@H]2C(F)(F)F)cc1F. The van der Waals surface area contributed by atoms with Crippen molar-refractivity contribution in [2.45, 2.75) is 43.7 Å². The van der Waals surface area contributed by atoms with Gasteiger partial charge in [-0.2, -0.15) is 26.3 Å². The molecule has 1 fully saturated rings. The van der Waals surface area contributed by atoms with Crippen LogP contribution in [0.15, 0.2) is 35.3 Å². The van der Waals surface area contributed by atoms with E-state index in [1.807, 2.05) is 0 Å². The van der Waals surface area contributed by atoms with E-state index in [1.165, 1.54) is 12.1 Å². The Hall–Kier alpha value is -4.74. The average molecular weight is 705 g/mol. The number of methoxy groups -OCH3 is 1. The van der Waals surface area contributed by atoms with Gasteiger partial charge >= 0.3 is 18.3 Å². The summed E-state index contributed by atoms with van der Waals surface area (Å²) in [7, 11) is 2.13. The fourth-order valence-corrected chi connectivity index (χ4v) is 5.74. The Morgan fingerprint density at radius 3 is 2.43 bits per heavy atom. The zero-order valence-electron chi connectivity index (χ0n) is 25.8. The fraction of sp³-hybridized carbons (Fsp3) is 0.419. The molecule has 0 unspecified atom stereocenters. The largest absolute Gasteiger partial charge is 0.493 e. The Morgan fingerprint density at radius 1 is 1.10 bits per heavy atom. The van der Waals surface area contributed by atoms with E-state index in [-0.39, 0.29) is 43.9 Å². The van der Waals surface area contributed by atoms with E-state index in [0.29, 0.717) is 40.8 Å². The molecule has 1 aromatic heterocycles. The van der Waals surface area contributed by atoms with Gasteiger partial charge in [0.2, 0.25) is 0 Å². The van der Waals surface area contributed by atoms with Crippen LogP contribution in [-0.4, -0.2) is 73.2 Å². The number of hydrogen-bond donors (Lipinski definition) is 1. The summed E-state index contributed by atoms with van der Waals surface area (Å²) in [5.41, 5.74) is -3.65. The Bertz CT molecular complexity index is 1800. The number of benzene rings is 2. The maximum Gasteiger partial charge on any atom is 0.434 e. The fourth-order valence-electron chi connectivity index (χ4n) is 5.74. The van der Waals surface area contributed by atoms with Crippen molar-refractivity contribution in [1.82, 2.24) is 14.9 Å². The summed E-state index contributed by atoms with van der Waals surface area (Å²) in [4.78, 5) is 43.1. The number of aromatic nitrogens is 2. The van der Waals surface area contributed by atoms with Gasteiger partial charge in [0.25, 0.3) is 11.5 Å². The highest BCUT2D eigenvalue weighted by atomic mass is 19.4. The molecule has 1 N–H and O–H groups in total. The third-order valence-corrected chi connectivity index (χ3v) is 8.10. The Labute approximate surface area is 272 Å². The number of carbonyl (C=O) groups is 2. The molecule has 0 spiro atoms. The van der Waals surface area contributed by atoms with Crippen molar-refractivity contribution < 1.29 is 58.9 Å². The molecule has 1 amide bonds. The van der Waals surface area contributed by atoms with Gasteiger partial charge in [-0.15, -0.1) is 0 Å². The molecular formula is C31H28F8N4O6. The van der Waals surface area contributed by atoms with Crippen molar-refractivity contribution in [2.24, 2.45) is 7.05 Å². The van der Waals surface area contributed by atoms with E-state index >= 15 is 8.78 Å². The zero-order valence-corrected chi connectivity index (χ0v) is 25.8. The molecule has 10 nitrogen and oxygen atoms in total. The molecule has 1 saturated heterocycles. The van der Waals surface area contributed by atoms with Crippen LogP contribution < -0.4 is 20.5 Å². The van der Waals surface area contributed by atoms with E-state index in [4.69, 9.17) is 14.2 Å². The van der Waals surface area contributed by atoms with Crippen molar-refractivity contribution in [1.29, 1.82) is 0 Å². The predicted octanol–water partition coefficient (Wildman–Crippen LogP) is 4.35. The number of esters is 1. The number of nitrogens with one attached hydrogen (secondary N) is 1. The molecular weight excluding hydrogens is 676 g/mol. The zero-order chi connectivity index (χ0) is 35.8. The van der Waals surface area contributed by atoms with Crippen molar-refractivity contribution in [3.63, 3.8) is 0 Å². The van der Waals surface area contributed by atoms with Crippen LogP contribution in [0.4, 0.5) is 40.8 Å². The topological polar surface area (TPSA) is 112 Å². The summed E-state index contributed by atoms with van der Waals surface area (Å²) >= 11 is 0. The quantitative estimate of drug-likeness (QED) is 0.286. The van der Waals surface area contributed by atoms with Crippen LogP contribution in [0.2, 0.25) is 0 Å². The van der Waals surface area contributed by atoms with Crippen molar-refractivity contribution in [3.05, 3.63) is 74.8 Å². The van der Waals surface area contributed by atoms with Crippen LogP contribution in [-0.2, 0) is 40.3 Å². The second kappa shape index (κ2) is 13.6. The lowest BCUT2D eigenvalue weighted by atomic mass is 9.91. The maximum atomic E-state index is 15.2. The van der Waals surface area contributed by atoms with Gasteiger partial charge < -0.3 is 29.0 Å². The standard InChI is InChI=1S/C31H28F8N4O6/c1-42-13-22(30(34,35)36)41-25(28(42)45)18-6-5-15(17-4-3-8-49-26(17)18)10-21(29(46)47-2)40-27(44)24-19(32)11-16(12-20(24)33)43-7-9-48-14-23(43)31(37,38)39/h5-6,11-13,21,23H,3-4,7-10,14H2,1-2H3,(H,40,44)/t21-,23+/m0/s1. The number of halogens is 8. The lowest BCUT2D eigenvalue weighted by Crippen LogP contribution is -2.53. The van der Waals surface area contributed by atoms with Crippen LogP contribution >= 0.6 is 0 Å². The number of carbonyl (C=O) groups excluding carboxylic acids is 2. The van der Waals surface area contributed by atoms with Gasteiger partial charge in [0, 0.05) is 37.5 Å². The molecule has 3 aromatic rings. The third-order valence-electron chi connectivity index (χ3n) is 8.10. The van der Waals surface area contributed by atoms with Crippen molar-refractivity contribution in [2.75, 3.05) is 38.4 Å². The minimum Gasteiger partial charge on any atom is -0.493 e. The van der Waals surface area contributed by atoms with Crippen LogP contribution in [0.5, 0.6) is 5.75 Å². The van der Waals surface area contributed by atoms with Crippen LogP contribution in [0.25, 0.3) is 11.3 Å². The molecule has 3 heterocycles. The van der Waals surface area contributed by atoms with Gasteiger partial charge in [0.1, 0.15) is 40.7 Å². The van der Waals surface area contributed by atoms with Crippen molar-refractivity contribution >= 4 is 17.6 Å². The van der Waals surface area contributed by atoms with Crippen LogP contribution in [0, 0.1) is 11.6 Å². The smallest absolute Gasteiger partial charge is 0.434 e. The van der Waals surface area contributed by atoms with Gasteiger partial charge in [-0.3, -0.25) is 9.59 Å². The molecule has 49 heavy (non-hydrogen) atoms. The first kappa shape index (κ1) is 35.6. The molecule has 2 aromatic carbocycles. The lowest BCUT2D eigenvalue weighted by molar-refractivity contribution is -0.167. The Kier molecular flexibility index (Phi) is 9.90. The van der Waals surface area contributed by atoms with Gasteiger partial charge in [0.05, 0.1) is 26.9 Å². The first-order valence-electron chi connectivity index (χ1n) is 14.7. The third kappa shape index (κ3) is 7.33. The summed E-state index contributed by atoms with van der Waals surface area (Å²) in [6, 6.07) is 0.0685. The van der Waals surface area contributed by atoms with E-state index < -0.39 is 82.8 Å². The predicted molar refractivity (Wildman–Crippen MR) is 155 cm³/mol. The maximum absolute atomic E-state index is 15.2. The molecule has 2 aliphatic rings. The molecule has 0 bridgehead atoms. The van der Waals surface area contributed by atoms with E-state index in [2.05, 4.69) is 10.3 Å². The number of anilines is 1. The second-order valence-electron chi connectivity index (χ2n) is 11.3. The van der Waals surface area contributed by atoms with Gasteiger partial charge in [-0.25, -0.2) is 18.6 Å². The highest BCUT2D eigenvalue weighted by Crippen LogP contribution is 2.38. The molecule has 0 aliphatic carbocycles. The Morgan fingerprint density at radius 2 is 1.80 bits per heavy atom. The molecule has 18 heteroatoms. The number of alkyl halides is 6. The highest BCUT2D eigenvalue weighted by molar-refractivity contribution is 5.97. The summed E-state index contributed by atoms with van der Waals surface area (Å²) in [6.45, 7) is -1.09. The number of aryl methyl sites for hydroxylation is 1. The monoisotopic (exact) mass is 704 g/mol. The normalized spacial score (nSPS) is 17.2. The molecule has 2 atom stereocenters. The number of amides is 1. The molecule has 5 rings (SSSR count). The average Bonchev–Trinajstić information content (AvgIpc) is 3.04.